The van der Waals surface area contributed by atoms with Crippen molar-refractivity contribution in [3.05, 3.63) is 53.6 Å². The molecule has 0 aliphatic carbocycles. The van der Waals surface area contributed by atoms with Crippen molar-refractivity contribution in [1.29, 1.82) is 0 Å². The van der Waals surface area contributed by atoms with E-state index >= 15 is 0 Å². The standard InChI is InChI=1S/C20H20N6O/c1-3-11-27-16-10-5-4-8-14(16)12-21-25-20-23-19-18(24-26-20)15-9-6-7-13(2)17(15)22-19/h4-10,12H,3,11H2,1-2H3,(H2,22,23,25,26)/b21-12-. The molecule has 0 atom stereocenters. The zero-order chi connectivity index (χ0) is 18.6. The van der Waals surface area contributed by atoms with Crippen molar-refractivity contribution in [3.63, 3.8) is 0 Å². The highest BCUT2D eigenvalue weighted by atomic mass is 16.5. The summed E-state index contributed by atoms with van der Waals surface area (Å²) in [5.74, 6) is 1.13. The Morgan fingerprint density at radius 3 is 2.93 bits per heavy atom. The Hall–Kier alpha value is -3.48. The van der Waals surface area contributed by atoms with E-state index in [1.54, 1.807) is 6.21 Å². The second-order valence-corrected chi connectivity index (χ2v) is 6.21. The molecule has 7 heteroatoms. The molecule has 0 amide bonds. The maximum atomic E-state index is 5.72. The van der Waals surface area contributed by atoms with E-state index in [0.717, 1.165) is 39.7 Å². The highest BCUT2D eigenvalue weighted by Crippen LogP contribution is 2.24. The number of hydrogen-bond acceptors (Lipinski definition) is 6. The summed E-state index contributed by atoms with van der Waals surface area (Å²) in [7, 11) is 0. The molecule has 27 heavy (non-hydrogen) atoms. The minimum Gasteiger partial charge on any atom is -0.493 e. The van der Waals surface area contributed by atoms with E-state index in [-0.39, 0.29) is 0 Å². The van der Waals surface area contributed by atoms with Crippen LogP contribution >= 0.6 is 0 Å². The van der Waals surface area contributed by atoms with Gasteiger partial charge in [-0.15, -0.1) is 10.2 Å². The number of aromatic nitrogens is 4. The first-order valence-electron chi connectivity index (χ1n) is 8.89. The summed E-state index contributed by atoms with van der Waals surface area (Å²) in [5, 5.41) is 13.7. The molecule has 0 fully saturated rings. The van der Waals surface area contributed by atoms with Gasteiger partial charge in [0.2, 0.25) is 0 Å². The third kappa shape index (κ3) is 3.44. The van der Waals surface area contributed by atoms with E-state index in [1.165, 1.54) is 0 Å². The Morgan fingerprint density at radius 2 is 2.04 bits per heavy atom. The minimum atomic E-state index is 0.329. The van der Waals surface area contributed by atoms with Gasteiger partial charge in [0, 0.05) is 10.9 Å². The Labute approximate surface area is 156 Å². The van der Waals surface area contributed by atoms with Gasteiger partial charge < -0.3 is 9.72 Å². The third-order valence-electron chi connectivity index (χ3n) is 4.21. The van der Waals surface area contributed by atoms with Crippen LogP contribution < -0.4 is 10.2 Å². The minimum absolute atomic E-state index is 0.329. The van der Waals surface area contributed by atoms with Crippen LogP contribution in [0.25, 0.3) is 22.1 Å². The summed E-state index contributed by atoms with van der Waals surface area (Å²) in [6.07, 6.45) is 2.64. The number of fused-ring (bicyclic) bond motifs is 3. The van der Waals surface area contributed by atoms with Crippen molar-refractivity contribution in [1.82, 2.24) is 20.2 Å². The molecule has 4 aromatic rings. The molecule has 0 saturated carbocycles. The van der Waals surface area contributed by atoms with Crippen molar-refractivity contribution in [2.24, 2.45) is 5.10 Å². The molecule has 7 nitrogen and oxygen atoms in total. The van der Waals surface area contributed by atoms with Crippen LogP contribution in [0.15, 0.2) is 47.6 Å². The lowest BCUT2D eigenvalue weighted by Crippen LogP contribution is -2.01. The maximum absolute atomic E-state index is 5.72. The summed E-state index contributed by atoms with van der Waals surface area (Å²) in [6.45, 7) is 4.79. The molecule has 2 heterocycles. The average molecular weight is 360 g/mol. The van der Waals surface area contributed by atoms with E-state index in [9.17, 15) is 0 Å². The number of hydrogen-bond donors (Lipinski definition) is 2. The smallest absolute Gasteiger partial charge is 0.265 e. The summed E-state index contributed by atoms with van der Waals surface area (Å²) in [4.78, 5) is 7.77. The zero-order valence-corrected chi connectivity index (χ0v) is 15.2. The zero-order valence-electron chi connectivity index (χ0n) is 15.2. The fraction of sp³-hybridized carbons (Fsp3) is 0.200. The highest BCUT2D eigenvalue weighted by molar-refractivity contribution is 6.04. The second-order valence-electron chi connectivity index (χ2n) is 6.21. The number of rotatable bonds is 6. The Kier molecular flexibility index (Phi) is 4.65. The SMILES string of the molecule is CCCOc1ccccc1/C=N\Nc1nnc2c(n1)[nH]c1c(C)cccc12. The number of nitrogens with zero attached hydrogens (tertiary/aromatic N) is 4. The van der Waals surface area contributed by atoms with Gasteiger partial charge in [-0.3, -0.25) is 0 Å². The lowest BCUT2D eigenvalue weighted by Gasteiger charge is -2.07. The summed E-state index contributed by atoms with van der Waals surface area (Å²) >= 11 is 0. The summed E-state index contributed by atoms with van der Waals surface area (Å²) in [5.41, 5.74) is 7.32. The molecular weight excluding hydrogens is 340 g/mol. The molecule has 2 N–H and O–H groups in total. The number of aromatic amines is 1. The van der Waals surface area contributed by atoms with Gasteiger partial charge in [0.1, 0.15) is 11.3 Å². The van der Waals surface area contributed by atoms with Crippen molar-refractivity contribution in [3.8, 4) is 5.75 Å². The fourth-order valence-electron chi connectivity index (χ4n) is 2.88. The van der Waals surface area contributed by atoms with Crippen molar-refractivity contribution in [2.45, 2.75) is 20.3 Å². The topological polar surface area (TPSA) is 88.1 Å². The van der Waals surface area contributed by atoms with Crippen LogP contribution in [0.3, 0.4) is 0 Å². The monoisotopic (exact) mass is 360 g/mol. The first-order valence-corrected chi connectivity index (χ1v) is 8.89. The average Bonchev–Trinajstić information content (AvgIpc) is 3.06. The van der Waals surface area contributed by atoms with Gasteiger partial charge in [-0.25, -0.2) is 5.43 Å². The first kappa shape index (κ1) is 17.0. The Balaban J connectivity index is 1.57. The molecular formula is C20H20N6O. The van der Waals surface area contributed by atoms with Gasteiger partial charge in [0.05, 0.1) is 18.3 Å². The number of anilines is 1. The van der Waals surface area contributed by atoms with Crippen LogP contribution in [0.1, 0.15) is 24.5 Å². The van der Waals surface area contributed by atoms with Gasteiger partial charge >= 0.3 is 0 Å². The number of nitrogens with one attached hydrogen (secondary N) is 2. The lowest BCUT2D eigenvalue weighted by atomic mass is 10.1. The number of aryl methyl sites for hydroxylation is 1. The van der Waals surface area contributed by atoms with Gasteiger partial charge in [0.25, 0.3) is 5.95 Å². The number of para-hydroxylation sites is 2. The molecule has 0 bridgehead atoms. The van der Waals surface area contributed by atoms with E-state index in [1.807, 2.05) is 49.4 Å². The molecule has 136 valence electrons. The lowest BCUT2D eigenvalue weighted by molar-refractivity contribution is 0.317. The van der Waals surface area contributed by atoms with E-state index in [0.29, 0.717) is 18.2 Å². The predicted molar refractivity (Wildman–Crippen MR) is 107 cm³/mol. The van der Waals surface area contributed by atoms with Crippen LogP contribution in [0, 0.1) is 6.92 Å². The molecule has 2 aromatic heterocycles. The van der Waals surface area contributed by atoms with Gasteiger partial charge in [-0.2, -0.15) is 10.1 Å². The molecule has 0 aliphatic rings. The molecule has 0 saturated heterocycles. The number of hydrazone groups is 1. The van der Waals surface area contributed by atoms with E-state index in [2.05, 4.69) is 37.6 Å². The van der Waals surface area contributed by atoms with Crippen LogP contribution in [-0.4, -0.2) is 33.0 Å². The molecule has 0 radical (unpaired) electrons. The summed E-state index contributed by atoms with van der Waals surface area (Å²) in [6, 6.07) is 13.8. The van der Waals surface area contributed by atoms with Gasteiger partial charge in [-0.05, 0) is 31.0 Å². The van der Waals surface area contributed by atoms with Crippen molar-refractivity contribution < 1.29 is 4.74 Å². The van der Waals surface area contributed by atoms with Crippen molar-refractivity contribution in [2.75, 3.05) is 12.0 Å². The normalized spacial score (nSPS) is 11.5. The molecule has 0 aliphatic heterocycles. The number of ether oxygens (including phenoxy) is 1. The van der Waals surface area contributed by atoms with E-state index in [4.69, 9.17) is 4.74 Å². The molecule has 0 unspecified atom stereocenters. The van der Waals surface area contributed by atoms with Crippen LogP contribution in [0.4, 0.5) is 5.95 Å². The van der Waals surface area contributed by atoms with Crippen LogP contribution in [0.5, 0.6) is 5.75 Å². The maximum Gasteiger partial charge on any atom is 0.265 e. The Morgan fingerprint density at radius 1 is 1.15 bits per heavy atom. The third-order valence-corrected chi connectivity index (χ3v) is 4.21. The van der Waals surface area contributed by atoms with Crippen molar-refractivity contribution >= 4 is 34.2 Å². The second kappa shape index (κ2) is 7.41. The van der Waals surface area contributed by atoms with Gasteiger partial charge in [0.15, 0.2) is 5.65 Å². The number of benzene rings is 2. The Bertz CT molecular complexity index is 1120. The first-order chi connectivity index (χ1) is 13.3. The molecule has 2 aromatic carbocycles. The predicted octanol–water partition coefficient (Wildman–Crippen LogP) is 4.05. The van der Waals surface area contributed by atoms with Crippen LogP contribution in [-0.2, 0) is 0 Å². The van der Waals surface area contributed by atoms with Gasteiger partial charge in [-0.1, -0.05) is 37.3 Å². The molecule has 4 rings (SSSR count). The quantitative estimate of drug-likeness (QED) is 0.400. The molecule has 0 spiro atoms. The van der Waals surface area contributed by atoms with E-state index < -0.39 is 0 Å². The largest absolute Gasteiger partial charge is 0.493 e. The number of H-pyrrole nitrogens is 1. The summed E-state index contributed by atoms with van der Waals surface area (Å²) < 4.78 is 5.72. The highest BCUT2D eigenvalue weighted by Gasteiger charge is 2.10. The fourth-order valence-corrected chi connectivity index (χ4v) is 2.88. The van der Waals surface area contributed by atoms with Crippen LogP contribution in [0.2, 0.25) is 0 Å².